The van der Waals surface area contributed by atoms with Crippen LogP contribution in [0.1, 0.15) is 46.4 Å². The van der Waals surface area contributed by atoms with E-state index in [0.717, 1.165) is 42.6 Å². The zero-order valence-corrected chi connectivity index (χ0v) is 19.6. The van der Waals surface area contributed by atoms with Gasteiger partial charge in [-0.15, -0.1) is 0 Å². The first-order chi connectivity index (χ1) is 16.1. The number of anilines is 3. The summed E-state index contributed by atoms with van der Waals surface area (Å²) in [6, 6.07) is 5.85. The highest BCUT2D eigenvalue weighted by molar-refractivity contribution is 7.98. The number of aryl methyl sites for hydroxylation is 1. The van der Waals surface area contributed by atoms with Crippen LogP contribution in [0.5, 0.6) is 0 Å². The van der Waals surface area contributed by atoms with Crippen molar-refractivity contribution in [2.24, 2.45) is 5.73 Å². The number of amides is 1. The van der Waals surface area contributed by atoms with Crippen LogP contribution >= 0.6 is 11.8 Å². The topological polar surface area (TPSA) is 137 Å². The molecule has 10 heteroatoms. The molecule has 3 heterocycles. The number of pyridine rings is 2. The molecule has 0 aromatic carbocycles. The Balaban J connectivity index is 1.91. The number of hydrogen-bond donors (Lipinski definition) is 3. The first-order valence-corrected chi connectivity index (χ1v) is 12.3. The summed E-state index contributed by atoms with van der Waals surface area (Å²) in [5.41, 5.74) is 8.79. The standard InChI is InChI=1S/C23H29N7O2S/c1-33-9-7-26-19-11-21(27-13-18(19)12-25)29-23-16(4-2-6-24)10-17(20(15-31)28-23)14-30-8-3-5-22(30)32/h10-11,13,15H,2-9,14,24H2,1H3,(H2,26,27,28,29). The summed E-state index contributed by atoms with van der Waals surface area (Å²) in [6.07, 6.45) is 7.05. The third-order valence-corrected chi connectivity index (χ3v) is 6.01. The summed E-state index contributed by atoms with van der Waals surface area (Å²) < 4.78 is 0. The molecule has 2 aromatic heterocycles. The average Bonchev–Trinajstić information content (AvgIpc) is 3.23. The molecule has 3 rings (SSSR count). The van der Waals surface area contributed by atoms with Crippen LogP contribution in [0, 0.1) is 11.3 Å². The van der Waals surface area contributed by atoms with E-state index in [-0.39, 0.29) is 5.91 Å². The largest absolute Gasteiger partial charge is 0.383 e. The molecule has 174 valence electrons. The maximum Gasteiger partial charge on any atom is 0.222 e. The lowest BCUT2D eigenvalue weighted by Gasteiger charge is -2.19. The van der Waals surface area contributed by atoms with E-state index in [1.165, 1.54) is 6.20 Å². The summed E-state index contributed by atoms with van der Waals surface area (Å²) in [7, 11) is 0. The molecule has 2 aromatic rings. The molecule has 0 bridgehead atoms. The van der Waals surface area contributed by atoms with Crippen LogP contribution in [0.2, 0.25) is 0 Å². The summed E-state index contributed by atoms with van der Waals surface area (Å²) >= 11 is 1.71. The molecule has 1 amide bonds. The van der Waals surface area contributed by atoms with Gasteiger partial charge < -0.3 is 21.3 Å². The molecule has 0 unspecified atom stereocenters. The number of nitrogens with one attached hydrogen (secondary N) is 2. The van der Waals surface area contributed by atoms with Gasteiger partial charge in [-0.25, -0.2) is 9.97 Å². The molecular weight excluding hydrogens is 438 g/mol. The van der Waals surface area contributed by atoms with Gasteiger partial charge in [0.1, 0.15) is 23.4 Å². The maximum absolute atomic E-state index is 12.1. The van der Waals surface area contributed by atoms with Gasteiger partial charge in [-0.1, -0.05) is 0 Å². The highest BCUT2D eigenvalue weighted by atomic mass is 32.2. The Labute approximate surface area is 198 Å². The van der Waals surface area contributed by atoms with Gasteiger partial charge in [0, 0.05) is 49.6 Å². The average molecular weight is 468 g/mol. The quantitative estimate of drug-likeness (QED) is 0.318. The van der Waals surface area contributed by atoms with Crippen molar-refractivity contribution in [3.05, 3.63) is 40.7 Å². The molecule has 9 nitrogen and oxygen atoms in total. The first kappa shape index (κ1) is 24.5. The molecule has 0 atom stereocenters. The highest BCUT2D eigenvalue weighted by Gasteiger charge is 2.22. The van der Waals surface area contributed by atoms with Crippen molar-refractivity contribution in [2.45, 2.75) is 32.2 Å². The van der Waals surface area contributed by atoms with Crippen LogP contribution < -0.4 is 16.4 Å². The van der Waals surface area contributed by atoms with Gasteiger partial charge >= 0.3 is 0 Å². The fourth-order valence-electron chi connectivity index (χ4n) is 3.68. The molecule has 1 aliphatic rings. The molecule has 0 spiro atoms. The Morgan fingerprint density at radius 3 is 2.88 bits per heavy atom. The number of aldehydes is 1. The summed E-state index contributed by atoms with van der Waals surface area (Å²) in [6.45, 7) is 2.30. The normalized spacial score (nSPS) is 13.1. The number of nitrogens with two attached hydrogens (primary N) is 1. The van der Waals surface area contributed by atoms with E-state index in [1.54, 1.807) is 22.7 Å². The second-order valence-electron chi connectivity index (χ2n) is 7.74. The van der Waals surface area contributed by atoms with Crippen LogP contribution in [0.3, 0.4) is 0 Å². The fraction of sp³-hybridized carbons (Fsp3) is 0.435. The van der Waals surface area contributed by atoms with Gasteiger partial charge in [0.2, 0.25) is 5.91 Å². The van der Waals surface area contributed by atoms with E-state index in [9.17, 15) is 14.9 Å². The van der Waals surface area contributed by atoms with E-state index in [4.69, 9.17) is 5.73 Å². The van der Waals surface area contributed by atoms with Crippen molar-refractivity contribution in [1.82, 2.24) is 14.9 Å². The van der Waals surface area contributed by atoms with Crippen molar-refractivity contribution >= 4 is 41.3 Å². The number of nitrogens with zero attached hydrogens (tertiary/aromatic N) is 4. The van der Waals surface area contributed by atoms with E-state index in [0.29, 0.717) is 61.1 Å². The summed E-state index contributed by atoms with van der Waals surface area (Å²) in [4.78, 5) is 34.6. The molecule has 0 radical (unpaired) electrons. The smallest absolute Gasteiger partial charge is 0.222 e. The Morgan fingerprint density at radius 2 is 2.21 bits per heavy atom. The molecule has 1 saturated heterocycles. The number of carbonyl (C=O) groups is 2. The van der Waals surface area contributed by atoms with Crippen LogP contribution in [0.15, 0.2) is 18.3 Å². The Bertz CT molecular complexity index is 1040. The maximum atomic E-state index is 12.1. The molecule has 0 aliphatic carbocycles. The van der Waals surface area contributed by atoms with Crippen LogP contribution in [-0.2, 0) is 17.8 Å². The van der Waals surface area contributed by atoms with Crippen LogP contribution in [0.25, 0.3) is 0 Å². The lowest BCUT2D eigenvalue weighted by atomic mass is 10.1. The van der Waals surface area contributed by atoms with Gasteiger partial charge in [-0.05, 0) is 43.7 Å². The van der Waals surface area contributed by atoms with Crippen LogP contribution in [0.4, 0.5) is 17.3 Å². The number of carbonyl (C=O) groups excluding carboxylic acids is 2. The number of thioether (sulfide) groups is 1. The lowest BCUT2D eigenvalue weighted by Crippen LogP contribution is -2.25. The number of nitriles is 1. The molecule has 4 N–H and O–H groups in total. The highest BCUT2D eigenvalue weighted by Crippen LogP contribution is 2.26. The van der Waals surface area contributed by atoms with Gasteiger partial charge in [0.15, 0.2) is 6.29 Å². The number of likely N-dealkylation sites (tertiary alicyclic amines) is 1. The van der Waals surface area contributed by atoms with Crippen molar-refractivity contribution < 1.29 is 9.59 Å². The Kier molecular flexibility index (Phi) is 9.04. The van der Waals surface area contributed by atoms with Crippen molar-refractivity contribution in [2.75, 3.05) is 42.3 Å². The third kappa shape index (κ3) is 6.43. The summed E-state index contributed by atoms with van der Waals surface area (Å²) in [5.74, 6) is 2.04. The van der Waals surface area contributed by atoms with Crippen LogP contribution in [-0.4, -0.2) is 58.7 Å². The van der Waals surface area contributed by atoms with E-state index >= 15 is 0 Å². The van der Waals surface area contributed by atoms with Gasteiger partial charge in [-0.2, -0.15) is 17.0 Å². The lowest BCUT2D eigenvalue weighted by molar-refractivity contribution is -0.128. The molecular formula is C23H29N7O2S. The second-order valence-corrected chi connectivity index (χ2v) is 8.73. The number of rotatable bonds is 12. The molecule has 0 saturated carbocycles. The minimum Gasteiger partial charge on any atom is -0.383 e. The minimum atomic E-state index is 0.0980. The van der Waals surface area contributed by atoms with Crippen molar-refractivity contribution in [3.8, 4) is 6.07 Å². The van der Waals surface area contributed by atoms with Gasteiger partial charge in [-0.3, -0.25) is 9.59 Å². The minimum absolute atomic E-state index is 0.0980. The van der Waals surface area contributed by atoms with Gasteiger partial charge in [0.05, 0.1) is 11.3 Å². The van der Waals surface area contributed by atoms with Crippen molar-refractivity contribution in [1.29, 1.82) is 5.26 Å². The molecule has 1 aliphatic heterocycles. The van der Waals surface area contributed by atoms with E-state index in [2.05, 4.69) is 26.7 Å². The second kappa shape index (κ2) is 12.2. The van der Waals surface area contributed by atoms with E-state index < -0.39 is 0 Å². The van der Waals surface area contributed by atoms with E-state index in [1.807, 2.05) is 12.3 Å². The predicted octanol–water partition coefficient (Wildman–Crippen LogP) is 2.69. The Morgan fingerprint density at radius 1 is 1.36 bits per heavy atom. The number of aromatic nitrogens is 2. The molecule has 33 heavy (non-hydrogen) atoms. The zero-order valence-electron chi connectivity index (χ0n) is 18.8. The first-order valence-electron chi connectivity index (χ1n) is 10.9. The number of hydrogen-bond acceptors (Lipinski definition) is 9. The summed E-state index contributed by atoms with van der Waals surface area (Å²) in [5, 5.41) is 15.9. The van der Waals surface area contributed by atoms with Crippen molar-refractivity contribution in [3.63, 3.8) is 0 Å². The monoisotopic (exact) mass is 467 g/mol. The Hall–Kier alpha value is -3.16. The zero-order chi connectivity index (χ0) is 23.6. The molecule has 1 fully saturated rings. The predicted molar refractivity (Wildman–Crippen MR) is 131 cm³/mol. The SMILES string of the molecule is CSCCNc1cc(Nc2nc(C=O)c(CN3CCCC3=O)cc2CCCN)ncc1C#N. The fourth-order valence-corrected chi connectivity index (χ4v) is 3.99. The van der Waals surface area contributed by atoms with Gasteiger partial charge in [0.25, 0.3) is 0 Å². The third-order valence-electron chi connectivity index (χ3n) is 5.40.